The van der Waals surface area contributed by atoms with Crippen LogP contribution in [0, 0.1) is 0 Å². The summed E-state index contributed by atoms with van der Waals surface area (Å²) < 4.78 is 2.15. The molecule has 0 spiro atoms. The Morgan fingerprint density at radius 3 is 3.15 bits per heavy atom. The highest BCUT2D eigenvalue weighted by Gasteiger charge is 2.15. The highest BCUT2D eigenvalue weighted by molar-refractivity contribution is 5.09. The van der Waals surface area contributed by atoms with Crippen LogP contribution in [0.4, 0.5) is 0 Å². The molecular weight excluding hydrogens is 166 g/mol. The Kier molecular flexibility index (Phi) is 2.33. The van der Waals surface area contributed by atoms with Crippen molar-refractivity contribution in [2.45, 2.75) is 31.8 Å². The number of rotatable bonds is 2. The molecule has 1 atom stereocenters. The van der Waals surface area contributed by atoms with Gasteiger partial charge >= 0.3 is 0 Å². The Labute approximate surface area is 77.4 Å². The summed E-state index contributed by atoms with van der Waals surface area (Å²) in [6.07, 6.45) is 5.44. The number of aliphatic hydroxyl groups excluding tert-OH is 1. The molecule has 13 heavy (non-hydrogen) atoms. The fourth-order valence-corrected chi connectivity index (χ4v) is 1.71. The van der Waals surface area contributed by atoms with Crippen molar-refractivity contribution in [3.8, 4) is 0 Å². The predicted molar refractivity (Wildman–Crippen MR) is 49.2 cm³/mol. The summed E-state index contributed by atoms with van der Waals surface area (Å²) in [5, 5.41) is 8.88. The number of aliphatic hydroxyl groups is 1. The molecule has 0 unspecified atom stereocenters. The number of imidazole rings is 1. The lowest BCUT2D eigenvalue weighted by molar-refractivity contribution is 0.266. The molecule has 1 aromatic rings. The highest BCUT2D eigenvalue weighted by atomic mass is 16.3. The van der Waals surface area contributed by atoms with Crippen LogP contribution < -0.4 is 5.73 Å². The topological polar surface area (TPSA) is 64.1 Å². The minimum atomic E-state index is -0.321. The number of hydrogen-bond acceptors (Lipinski definition) is 3. The van der Waals surface area contributed by atoms with Gasteiger partial charge in [-0.2, -0.15) is 0 Å². The molecule has 0 amide bonds. The molecule has 4 heteroatoms. The summed E-state index contributed by atoms with van der Waals surface area (Å²) >= 11 is 0. The molecule has 0 aliphatic carbocycles. The van der Waals surface area contributed by atoms with Gasteiger partial charge in [-0.3, -0.25) is 0 Å². The van der Waals surface area contributed by atoms with Gasteiger partial charge in [0.15, 0.2) is 0 Å². The fourth-order valence-electron chi connectivity index (χ4n) is 1.71. The van der Waals surface area contributed by atoms with Gasteiger partial charge in [-0.1, -0.05) is 0 Å². The van der Waals surface area contributed by atoms with Crippen molar-refractivity contribution in [2.75, 3.05) is 6.61 Å². The van der Waals surface area contributed by atoms with Crippen molar-refractivity contribution in [1.82, 2.24) is 9.55 Å². The van der Waals surface area contributed by atoms with Crippen molar-refractivity contribution < 1.29 is 5.11 Å². The first kappa shape index (κ1) is 8.72. The second kappa shape index (κ2) is 3.47. The monoisotopic (exact) mass is 181 g/mol. The molecule has 2 rings (SSSR count). The Morgan fingerprint density at radius 2 is 2.46 bits per heavy atom. The molecule has 4 nitrogen and oxygen atoms in total. The molecule has 0 aromatic carbocycles. The zero-order chi connectivity index (χ0) is 9.26. The molecular formula is C9H15N3O. The maximum atomic E-state index is 8.88. The van der Waals surface area contributed by atoms with Crippen LogP contribution in [0.5, 0.6) is 0 Å². The molecule has 0 fully saturated rings. The van der Waals surface area contributed by atoms with E-state index in [1.165, 1.54) is 12.8 Å². The van der Waals surface area contributed by atoms with E-state index in [0.717, 1.165) is 24.5 Å². The normalized spacial score (nSPS) is 18.3. The van der Waals surface area contributed by atoms with Crippen LogP contribution >= 0.6 is 0 Å². The van der Waals surface area contributed by atoms with Crippen LogP contribution in [0.1, 0.15) is 30.4 Å². The number of hydrogen-bond donors (Lipinski definition) is 2. The van der Waals surface area contributed by atoms with Crippen LogP contribution in [-0.4, -0.2) is 21.3 Å². The summed E-state index contributed by atoms with van der Waals surface area (Å²) in [5.74, 6) is 1.12. The van der Waals surface area contributed by atoms with Crippen LogP contribution in [0.25, 0.3) is 0 Å². The van der Waals surface area contributed by atoms with Crippen LogP contribution in [0.2, 0.25) is 0 Å². The Hall–Kier alpha value is -0.870. The van der Waals surface area contributed by atoms with Crippen LogP contribution in [-0.2, 0) is 13.0 Å². The fraction of sp³-hybridized carbons (Fsp3) is 0.667. The largest absolute Gasteiger partial charge is 0.394 e. The lowest BCUT2D eigenvalue weighted by Crippen LogP contribution is -2.14. The molecule has 0 bridgehead atoms. The van der Waals surface area contributed by atoms with Gasteiger partial charge < -0.3 is 15.4 Å². The minimum Gasteiger partial charge on any atom is -0.394 e. The first-order valence-corrected chi connectivity index (χ1v) is 4.73. The van der Waals surface area contributed by atoms with Gasteiger partial charge in [0.1, 0.15) is 5.82 Å². The zero-order valence-corrected chi connectivity index (χ0v) is 7.61. The molecule has 2 heterocycles. The van der Waals surface area contributed by atoms with Crippen LogP contribution in [0.15, 0.2) is 6.20 Å². The first-order valence-electron chi connectivity index (χ1n) is 4.73. The molecule has 0 saturated heterocycles. The predicted octanol–water partition coefficient (Wildman–Crippen LogP) is 0.211. The molecule has 1 aliphatic heterocycles. The number of nitrogens with two attached hydrogens (primary N) is 1. The molecule has 0 saturated carbocycles. The Morgan fingerprint density at radius 1 is 1.62 bits per heavy atom. The average Bonchev–Trinajstić information content (AvgIpc) is 2.59. The summed E-state index contributed by atoms with van der Waals surface area (Å²) in [5.41, 5.74) is 6.50. The number of aryl methyl sites for hydroxylation is 2. The van der Waals surface area contributed by atoms with Gasteiger partial charge in [0.05, 0.1) is 18.3 Å². The quantitative estimate of drug-likeness (QED) is 0.685. The second-order valence-corrected chi connectivity index (χ2v) is 3.52. The van der Waals surface area contributed by atoms with Gasteiger partial charge in [-0.25, -0.2) is 4.98 Å². The van der Waals surface area contributed by atoms with Crippen LogP contribution in [0.3, 0.4) is 0 Å². The van der Waals surface area contributed by atoms with Gasteiger partial charge in [0, 0.05) is 19.2 Å². The average molecular weight is 181 g/mol. The third-order valence-electron chi connectivity index (χ3n) is 2.50. The van der Waals surface area contributed by atoms with E-state index in [4.69, 9.17) is 10.8 Å². The summed E-state index contributed by atoms with van der Waals surface area (Å²) in [7, 11) is 0. The van der Waals surface area contributed by atoms with Crippen molar-refractivity contribution in [2.24, 2.45) is 5.73 Å². The smallest absolute Gasteiger partial charge is 0.109 e. The maximum Gasteiger partial charge on any atom is 0.109 e. The molecule has 72 valence electrons. The SMILES string of the molecule is N[C@H](CO)c1cn2c(n1)CCCC2. The summed E-state index contributed by atoms with van der Waals surface area (Å²) in [6, 6.07) is -0.321. The van der Waals surface area contributed by atoms with Gasteiger partial charge in [-0.05, 0) is 12.8 Å². The summed E-state index contributed by atoms with van der Waals surface area (Å²) in [6.45, 7) is 1.01. The van der Waals surface area contributed by atoms with Crippen molar-refractivity contribution >= 4 is 0 Å². The third-order valence-corrected chi connectivity index (χ3v) is 2.50. The van der Waals surface area contributed by atoms with E-state index in [0.29, 0.717) is 0 Å². The van der Waals surface area contributed by atoms with E-state index in [9.17, 15) is 0 Å². The van der Waals surface area contributed by atoms with E-state index in [1.807, 2.05) is 6.20 Å². The van der Waals surface area contributed by atoms with E-state index in [-0.39, 0.29) is 12.6 Å². The second-order valence-electron chi connectivity index (χ2n) is 3.52. The number of nitrogens with zero attached hydrogens (tertiary/aromatic N) is 2. The van der Waals surface area contributed by atoms with Gasteiger partial charge in [0.2, 0.25) is 0 Å². The maximum absolute atomic E-state index is 8.88. The molecule has 3 N–H and O–H groups in total. The van der Waals surface area contributed by atoms with Crippen molar-refractivity contribution in [1.29, 1.82) is 0 Å². The van der Waals surface area contributed by atoms with E-state index >= 15 is 0 Å². The van der Waals surface area contributed by atoms with Crippen molar-refractivity contribution in [3.05, 3.63) is 17.7 Å². The number of fused-ring (bicyclic) bond motifs is 1. The zero-order valence-electron chi connectivity index (χ0n) is 7.61. The highest BCUT2D eigenvalue weighted by Crippen LogP contribution is 2.17. The Bertz CT molecular complexity index is 272. The van der Waals surface area contributed by atoms with E-state index < -0.39 is 0 Å². The van der Waals surface area contributed by atoms with E-state index in [2.05, 4.69) is 9.55 Å². The molecule has 0 radical (unpaired) electrons. The van der Waals surface area contributed by atoms with Gasteiger partial charge in [-0.15, -0.1) is 0 Å². The third kappa shape index (κ3) is 1.59. The number of aromatic nitrogens is 2. The Balaban J connectivity index is 2.25. The summed E-state index contributed by atoms with van der Waals surface area (Å²) in [4.78, 5) is 4.40. The first-order chi connectivity index (χ1) is 6.31. The molecule has 1 aliphatic rings. The standard InChI is InChI=1S/C9H15N3O/c10-7(6-13)8-5-12-4-2-1-3-9(12)11-8/h5,7,13H,1-4,6,10H2/t7-/m1/s1. The van der Waals surface area contributed by atoms with Crippen molar-refractivity contribution in [3.63, 3.8) is 0 Å². The van der Waals surface area contributed by atoms with E-state index in [1.54, 1.807) is 0 Å². The minimum absolute atomic E-state index is 0.0313. The lowest BCUT2D eigenvalue weighted by atomic mass is 10.2. The lowest BCUT2D eigenvalue weighted by Gasteiger charge is -2.11. The van der Waals surface area contributed by atoms with Gasteiger partial charge in [0.25, 0.3) is 0 Å². The molecule has 1 aromatic heterocycles.